The second kappa shape index (κ2) is 4.41. The molecular formula is C12H11ClN2O. The highest BCUT2D eigenvalue weighted by molar-refractivity contribution is 6.30. The van der Waals surface area contributed by atoms with Crippen molar-refractivity contribution in [2.24, 2.45) is 0 Å². The fourth-order valence-corrected chi connectivity index (χ4v) is 1.56. The maximum Gasteiger partial charge on any atom is 0.153 e. The monoisotopic (exact) mass is 234 g/mol. The first-order valence-corrected chi connectivity index (χ1v) is 5.18. The first kappa shape index (κ1) is 10.8. The summed E-state index contributed by atoms with van der Waals surface area (Å²) in [5.41, 5.74) is 7.21. The number of nitrogens with zero attached hydrogens (tertiary/aromatic N) is 1. The minimum Gasteiger partial charge on any atom is -0.455 e. The largest absolute Gasteiger partial charge is 0.455 e. The molecule has 1 aromatic heterocycles. The molecule has 0 saturated heterocycles. The zero-order chi connectivity index (χ0) is 11.5. The number of halogens is 1. The Bertz CT molecular complexity index is 514. The number of aromatic nitrogens is 1. The van der Waals surface area contributed by atoms with Crippen molar-refractivity contribution in [1.29, 1.82) is 0 Å². The molecule has 3 nitrogen and oxygen atoms in total. The number of pyridine rings is 1. The lowest BCUT2D eigenvalue weighted by molar-refractivity contribution is 0.480. The lowest BCUT2D eigenvalue weighted by Crippen LogP contribution is -1.93. The van der Waals surface area contributed by atoms with Gasteiger partial charge in [0.2, 0.25) is 0 Å². The third-order valence-corrected chi connectivity index (χ3v) is 2.40. The molecule has 1 aromatic carbocycles. The van der Waals surface area contributed by atoms with E-state index < -0.39 is 0 Å². The van der Waals surface area contributed by atoms with Gasteiger partial charge >= 0.3 is 0 Å². The molecule has 2 N–H and O–H groups in total. The van der Waals surface area contributed by atoms with Crippen LogP contribution in [0.5, 0.6) is 11.5 Å². The summed E-state index contributed by atoms with van der Waals surface area (Å²) in [7, 11) is 0. The van der Waals surface area contributed by atoms with E-state index in [1.54, 1.807) is 24.5 Å². The summed E-state index contributed by atoms with van der Waals surface area (Å²) in [6, 6.07) is 7.16. The van der Waals surface area contributed by atoms with Crippen molar-refractivity contribution in [3.05, 3.63) is 47.2 Å². The molecule has 0 bridgehead atoms. The first-order chi connectivity index (χ1) is 7.66. The van der Waals surface area contributed by atoms with Gasteiger partial charge in [-0.2, -0.15) is 0 Å². The summed E-state index contributed by atoms with van der Waals surface area (Å²) in [5, 5.41) is 0.688. The number of nitrogens with two attached hydrogens (primary N) is 1. The number of hydrogen-bond acceptors (Lipinski definition) is 3. The molecule has 82 valence electrons. The number of hydrogen-bond donors (Lipinski definition) is 1. The molecule has 1 heterocycles. The number of nitrogen functional groups attached to an aromatic ring is 1. The Hall–Kier alpha value is -1.74. The molecule has 0 aliphatic carbocycles. The summed E-state index contributed by atoms with van der Waals surface area (Å²) in [6.45, 7) is 1.93. The molecule has 0 aliphatic rings. The van der Waals surface area contributed by atoms with Crippen LogP contribution in [0.15, 0.2) is 36.7 Å². The van der Waals surface area contributed by atoms with E-state index in [4.69, 9.17) is 22.1 Å². The minimum atomic E-state index is 0.511. The molecule has 0 aliphatic heterocycles. The number of aryl methyl sites for hydroxylation is 1. The van der Waals surface area contributed by atoms with Crippen LogP contribution in [0.4, 0.5) is 5.69 Å². The molecule has 4 heteroatoms. The van der Waals surface area contributed by atoms with Crippen LogP contribution >= 0.6 is 11.6 Å². The van der Waals surface area contributed by atoms with Crippen LogP contribution in [0.2, 0.25) is 5.02 Å². The van der Waals surface area contributed by atoms with Crippen molar-refractivity contribution in [3.8, 4) is 11.5 Å². The lowest BCUT2D eigenvalue weighted by atomic mass is 10.2. The number of rotatable bonds is 2. The van der Waals surface area contributed by atoms with Crippen molar-refractivity contribution < 1.29 is 4.74 Å². The molecular weight excluding hydrogens is 224 g/mol. The van der Waals surface area contributed by atoms with Gasteiger partial charge in [0.15, 0.2) is 5.75 Å². The highest BCUT2D eigenvalue weighted by Crippen LogP contribution is 2.29. The van der Waals surface area contributed by atoms with Crippen molar-refractivity contribution in [3.63, 3.8) is 0 Å². The Morgan fingerprint density at radius 1 is 1.25 bits per heavy atom. The van der Waals surface area contributed by atoms with E-state index in [-0.39, 0.29) is 0 Å². The predicted octanol–water partition coefficient (Wildman–Crippen LogP) is 3.42. The topological polar surface area (TPSA) is 48.1 Å². The second-order valence-corrected chi connectivity index (χ2v) is 3.86. The van der Waals surface area contributed by atoms with Gasteiger partial charge in [0.05, 0.1) is 11.9 Å². The molecule has 0 spiro atoms. The molecule has 16 heavy (non-hydrogen) atoms. The van der Waals surface area contributed by atoms with Crippen LogP contribution in [-0.2, 0) is 0 Å². The average Bonchev–Trinajstić information content (AvgIpc) is 2.25. The van der Waals surface area contributed by atoms with E-state index in [9.17, 15) is 0 Å². The number of anilines is 1. The Balaban J connectivity index is 2.31. The Labute approximate surface area is 98.8 Å². The van der Waals surface area contributed by atoms with Crippen LogP contribution in [0.25, 0.3) is 0 Å². The summed E-state index contributed by atoms with van der Waals surface area (Å²) >= 11 is 5.86. The van der Waals surface area contributed by atoms with Gasteiger partial charge in [-0.1, -0.05) is 11.6 Å². The van der Waals surface area contributed by atoms with Gasteiger partial charge in [-0.25, -0.2) is 0 Å². The Morgan fingerprint density at radius 3 is 2.75 bits per heavy atom. The van der Waals surface area contributed by atoms with E-state index in [0.29, 0.717) is 16.5 Å². The molecule has 0 radical (unpaired) electrons. The van der Waals surface area contributed by atoms with E-state index in [1.165, 1.54) is 0 Å². The van der Waals surface area contributed by atoms with Crippen molar-refractivity contribution in [2.75, 3.05) is 5.73 Å². The molecule has 0 fully saturated rings. The van der Waals surface area contributed by atoms with Gasteiger partial charge in [0.25, 0.3) is 0 Å². The van der Waals surface area contributed by atoms with Gasteiger partial charge < -0.3 is 10.5 Å². The van der Waals surface area contributed by atoms with Gasteiger partial charge in [-0.05, 0) is 30.7 Å². The summed E-state index contributed by atoms with van der Waals surface area (Å²) in [6.07, 6.45) is 3.19. The molecule has 0 saturated carbocycles. The second-order valence-electron chi connectivity index (χ2n) is 3.43. The normalized spacial score (nSPS) is 10.1. The maximum atomic E-state index is 5.86. The van der Waals surface area contributed by atoms with Gasteiger partial charge in [0, 0.05) is 17.3 Å². The zero-order valence-corrected chi connectivity index (χ0v) is 9.53. The average molecular weight is 235 g/mol. The zero-order valence-electron chi connectivity index (χ0n) is 8.77. The van der Waals surface area contributed by atoms with Crippen LogP contribution in [0, 0.1) is 6.92 Å². The van der Waals surface area contributed by atoms with E-state index in [1.807, 2.05) is 19.1 Å². The third-order valence-electron chi connectivity index (χ3n) is 2.17. The Kier molecular flexibility index (Phi) is 2.97. The summed E-state index contributed by atoms with van der Waals surface area (Å²) in [5.74, 6) is 1.34. The number of benzene rings is 1. The molecule has 0 amide bonds. The minimum absolute atomic E-state index is 0.511. The third kappa shape index (κ3) is 2.25. The standard InChI is InChI=1S/C12H11ClN2O/c1-8-6-9(13)2-3-11(8)16-12-4-5-15-7-10(12)14/h2-7H,14H2,1H3. The van der Waals surface area contributed by atoms with Crippen LogP contribution in [-0.4, -0.2) is 4.98 Å². The van der Waals surface area contributed by atoms with Gasteiger partial charge in [-0.3, -0.25) is 4.98 Å². The van der Waals surface area contributed by atoms with Gasteiger partial charge in [0.1, 0.15) is 5.75 Å². The maximum absolute atomic E-state index is 5.86. The molecule has 2 aromatic rings. The summed E-state index contributed by atoms with van der Waals surface area (Å²) in [4.78, 5) is 3.90. The van der Waals surface area contributed by atoms with Crippen LogP contribution < -0.4 is 10.5 Å². The van der Waals surface area contributed by atoms with E-state index in [2.05, 4.69) is 4.98 Å². The van der Waals surface area contributed by atoms with Gasteiger partial charge in [-0.15, -0.1) is 0 Å². The van der Waals surface area contributed by atoms with Crippen LogP contribution in [0.1, 0.15) is 5.56 Å². The smallest absolute Gasteiger partial charge is 0.153 e. The number of ether oxygens (including phenoxy) is 1. The van der Waals surface area contributed by atoms with Crippen LogP contribution in [0.3, 0.4) is 0 Å². The molecule has 0 atom stereocenters. The van der Waals surface area contributed by atoms with Crippen molar-refractivity contribution in [2.45, 2.75) is 6.92 Å². The Morgan fingerprint density at radius 2 is 2.06 bits per heavy atom. The fourth-order valence-electron chi connectivity index (χ4n) is 1.33. The van der Waals surface area contributed by atoms with E-state index in [0.717, 1.165) is 11.3 Å². The fraction of sp³-hybridized carbons (Fsp3) is 0.0833. The van der Waals surface area contributed by atoms with Crippen molar-refractivity contribution >= 4 is 17.3 Å². The molecule has 0 unspecified atom stereocenters. The highest BCUT2D eigenvalue weighted by atomic mass is 35.5. The quantitative estimate of drug-likeness (QED) is 0.866. The summed E-state index contributed by atoms with van der Waals surface area (Å²) < 4.78 is 5.67. The SMILES string of the molecule is Cc1cc(Cl)ccc1Oc1ccncc1N. The lowest BCUT2D eigenvalue weighted by Gasteiger charge is -2.10. The highest BCUT2D eigenvalue weighted by Gasteiger charge is 2.04. The van der Waals surface area contributed by atoms with E-state index >= 15 is 0 Å². The molecule has 2 rings (SSSR count). The van der Waals surface area contributed by atoms with Crippen molar-refractivity contribution in [1.82, 2.24) is 4.98 Å². The predicted molar refractivity (Wildman–Crippen MR) is 64.9 cm³/mol. The first-order valence-electron chi connectivity index (χ1n) is 4.80.